The fourth-order valence-corrected chi connectivity index (χ4v) is 3.43. The van der Waals surface area contributed by atoms with E-state index in [9.17, 15) is 14.4 Å². The average Bonchev–Trinajstić information content (AvgIpc) is 2.83. The third-order valence-electron chi connectivity index (χ3n) is 5.05. The Kier molecular flexibility index (Phi) is 4.84. The number of carbonyl (C=O) groups is 3. The normalized spacial score (nSPS) is 22.3. The zero-order valence-electron chi connectivity index (χ0n) is 15.4. The number of hydrogen-bond acceptors (Lipinski definition) is 5. The van der Waals surface area contributed by atoms with Gasteiger partial charge in [-0.3, -0.25) is 14.5 Å². The molecule has 1 aromatic heterocycles. The number of nitrogens with zero attached hydrogens (tertiary/aromatic N) is 4. The Morgan fingerprint density at radius 2 is 2.15 bits per heavy atom. The van der Waals surface area contributed by atoms with Crippen molar-refractivity contribution in [2.75, 3.05) is 31.6 Å². The highest BCUT2D eigenvalue weighted by molar-refractivity contribution is 6.08. The van der Waals surface area contributed by atoms with Crippen LogP contribution in [0, 0.1) is 0 Å². The van der Waals surface area contributed by atoms with Crippen LogP contribution in [-0.2, 0) is 9.59 Å². The molecule has 0 aromatic carbocycles. The van der Waals surface area contributed by atoms with Crippen LogP contribution < -0.4 is 10.2 Å². The molecule has 4 amide bonds. The third-order valence-corrected chi connectivity index (χ3v) is 5.05. The number of rotatable bonds is 4. The van der Waals surface area contributed by atoms with Crippen LogP contribution >= 0.6 is 0 Å². The molecule has 2 aliphatic heterocycles. The van der Waals surface area contributed by atoms with Gasteiger partial charge in [-0.1, -0.05) is 6.07 Å². The minimum absolute atomic E-state index is 0.0204. The smallest absolute Gasteiger partial charge is 0.325 e. The summed E-state index contributed by atoms with van der Waals surface area (Å²) in [7, 11) is 1.73. The number of hydrogen-bond donors (Lipinski definition) is 1. The van der Waals surface area contributed by atoms with Gasteiger partial charge in [0.25, 0.3) is 5.91 Å². The van der Waals surface area contributed by atoms with Crippen molar-refractivity contribution < 1.29 is 14.4 Å². The number of nitrogens with one attached hydrogen (secondary N) is 1. The molecule has 0 unspecified atom stereocenters. The molecule has 1 atom stereocenters. The molecule has 3 heterocycles. The van der Waals surface area contributed by atoms with Crippen LogP contribution in [0.2, 0.25) is 0 Å². The van der Waals surface area contributed by atoms with E-state index >= 15 is 0 Å². The lowest BCUT2D eigenvalue weighted by atomic mass is 10.0. The second kappa shape index (κ2) is 6.93. The zero-order chi connectivity index (χ0) is 18.9. The minimum Gasteiger partial charge on any atom is -0.355 e. The molecule has 1 aromatic rings. The summed E-state index contributed by atoms with van der Waals surface area (Å²) in [5.74, 6) is 0.288. The Balaban J connectivity index is 1.63. The first kappa shape index (κ1) is 18.2. The van der Waals surface area contributed by atoms with Gasteiger partial charge in [-0.25, -0.2) is 9.78 Å². The maximum absolute atomic E-state index is 12.7. The number of piperidine rings is 1. The number of aromatic nitrogens is 1. The monoisotopic (exact) mass is 359 g/mol. The second-order valence-electron chi connectivity index (χ2n) is 7.38. The SMILES string of the molecule is CN(C(=O)CN1C(=O)NC(C)(C)C1=O)[C@@H]1CCCN(c2ccccn2)C1. The van der Waals surface area contributed by atoms with Gasteiger partial charge in [0.15, 0.2) is 0 Å². The third kappa shape index (κ3) is 3.49. The van der Waals surface area contributed by atoms with Gasteiger partial charge >= 0.3 is 6.03 Å². The summed E-state index contributed by atoms with van der Waals surface area (Å²) < 4.78 is 0. The van der Waals surface area contributed by atoms with E-state index in [2.05, 4.69) is 15.2 Å². The average molecular weight is 359 g/mol. The van der Waals surface area contributed by atoms with Gasteiger partial charge in [0.2, 0.25) is 5.91 Å². The van der Waals surface area contributed by atoms with E-state index in [1.807, 2.05) is 18.2 Å². The van der Waals surface area contributed by atoms with Gasteiger partial charge < -0.3 is 15.1 Å². The van der Waals surface area contributed by atoms with Crippen LogP contribution in [-0.4, -0.2) is 70.9 Å². The summed E-state index contributed by atoms with van der Waals surface area (Å²) >= 11 is 0. The highest BCUT2D eigenvalue weighted by atomic mass is 16.2. The number of pyridine rings is 1. The lowest BCUT2D eigenvalue weighted by molar-refractivity contribution is -0.139. The van der Waals surface area contributed by atoms with Crippen LogP contribution in [0.5, 0.6) is 0 Å². The lowest BCUT2D eigenvalue weighted by Crippen LogP contribution is -2.52. The summed E-state index contributed by atoms with van der Waals surface area (Å²) in [4.78, 5) is 46.1. The minimum atomic E-state index is -0.962. The fraction of sp³-hybridized carbons (Fsp3) is 0.556. The van der Waals surface area contributed by atoms with E-state index in [1.165, 1.54) is 0 Å². The van der Waals surface area contributed by atoms with Crippen LogP contribution in [0.1, 0.15) is 26.7 Å². The number of carbonyl (C=O) groups excluding carboxylic acids is 3. The zero-order valence-corrected chi connectivity index (χ0v) is 15.4. The topological polar surface area (TPSA) is 85.8 Å². The van der Waals surface area contributed by atoms with Gasteiger partial charge in [-0.15, -0.1) is 0 Å². The van der Waals surface area contributed by atoms with Crippen molar-refractivity contribution >= 4 is 23.7 Å². The Labute approximate surface area is 153 Å². The highest BCUT2D eigenvalue weighted by Crippen LogP contribution is 2.21. The van der Waals surface area contributed by atoms with Crippen molar-refractivity contribution in [3.63, 3.8) is 0 Å². The summed E-state index contributed by atoms with van der Waals surface area (Å²) in [5.41, 5.74) is -0.962. The first-order chi connectivity index (χ1) is 12.3. The first-order valence-electron chi connectivity index (χ1n) is 8.85. The highest BCUT2D eigenvalue weighted by Gasteiger charge is 2.45. The van der Waals surface area contributed by atoms with Crippen molar-refractivity contribution in [1.82, 2.24) is 20.1 Å². The number of urea groups is 1. The Bertz CT molecular complexity index is 706. The predicted octanol–water partition coefficient (Wildman–Crippen LogP) is 0.839. The summed E-state index contributed by atoms with van der Waals surface area (Å²) in [5, 5.41) is 2.60. The maximum Gasteiger partial charge on any atom is 0.325 e. The van der Waals surface area contributed by atoms with Crippen LogP contribution in [0.15, 0.2) is 24.4 Å². The lowest BCUT2D eigenvalue weighted by Gasteiger charge is -2.38. The van der Waals surface area contributed by atoms with E-state index in [0.717, 1.165) is 30.1 Å². The number of likely N-dealkylation sites (N-methyl/N-ethyl adjacent to an activating group) is 1. The molecule has 2 fully saturated rings. The fourth-order valence-electron chi connectivity index (χ4n) is 3.43. The maximum atomic E-state index is 12.7. The van der Waals surface area contributed by atoms with Crippen molar-refractivity contribution in [1.29, 1.82) is 0 Å². The molecule has 140 valence electrons. The Morgan fingerprint density at radius 3 is 2.77 bits per heavy atom. The molecule has 0 radical (unpaired) electrons. The van der Waals surface area contributed by atoms with Crippen LogP contribution in [0.3, 0.4) is 0 Å². The molecule has 1 N–H and O–H groups in total. The second-order valence-corrected chi connectivity index (χ2v) is 7.38. The van der Waals surface area contributed by atoms with Gasteiger partial charge in [-0.2, -0.15) is 0 Å². The Morgan fingerprint density at radius 1 is 1.38 bits per heavy atom. The summed E-state index contributed by atoms with van der Waals surface area (Å²) in [6.07, 6.45) is 3.60. The molecular formula is C18H25N5O3. The van der Waals surface area contributed by atoms with Crippen LogP contribution in [0.4, 0.5) is 10.6 Å². The van der Waals surface area contributed by atoms with Crippen LogP contribution in [0.25, 0.3) is 0 Å². The molecule has 0 bridgehead atoms. The molecule has 8 heteroatoms. The first-order valence-corrected chi connectivity index (χ1v) is 8.85. The van der Waals surface area contributed by atoms with E-state index in [4.69, 9.17) is 0 Å². The molecule has 2 saturated heterocycles. The molecule has 2 aliphatic rings. The Hall–Kier alpha value is -2.64. The molecule has 0 spiro atoms. The number of amides is 4. The molecule has 3 rings (SSSR count). The molecule has 0 saturated carbocycles. The van der Waals surface area contributed by atoms with E-state index in [1.54, 1.807) is 32.0 Å². The number of anilines is 1. The summed E-state index contributed by atoms with van der Waals surface area (Å²) in [6.45, 7) is 4.62. The van der Waals surface area contributed by atoms with Crippen molar-refractivity contribution in [2.24, 2.45) is 0 Å². The van der Waals surface area contributed by atoms with E-state index < -0.39 is 11.6 Å². The molecule has 0 aliphatic carbocycles. The van der Waals surface area contributed by atoms with Gasteiger partial charge in [0, 0.05) is 32.4 Å². The standard InChI is InChI=1S/C18H25N5O3/c1-18(2)16(25)23(17(26)20-18)12-15(24)21(3)13-7-6-10-22(11-13)14-8-4-5-9-19-14/h4-5,8-9,13H,6-7,10-12H2,1-3H3,(H,20,26)/t13-/m1/s1. The van der Waals surface area contributed by atoms with Crippen molar-refractivity contribution in [3.8, 4) is 0 Å². The van der Waals surface area contributed by atoms with Gasteiger partial charge in [0.05, 0.1) is 0 Å². The van der Waals surface area contributed by atoms with E-state index in [-0.39, 0.29) is 24.4 Å². The van der Waals surface area contributed by atoms with Crippen molar-refractivity contribution in [3.05, 3.63) is 24.4 Å². The van der Waals surface area contributed by atoms with E-state index in [0.29, 0.717) is 6.54 Å². The predicted molar refractivity (Wildman–Crippen MR) is 96.6 cm³/mol. The largest absolute Gasteiger partial charge is 0.355 e. The molecule has 26 heavy (non-hydrogen) atoms. The molecule has 8 nitrogen and oxygen atoms in total. The quantitative estimate of drug-likeness (QED) is 0.805. The molecular weight excluding hydrogens is 334 g/mol. The number of imide groups is 1. The van der Waals surface area contributed by atoms with Crippen molar-refractivity contribution in [2.45, 2.75) is 38.3 Å². The van der Waals surface area contributed by atoms with Gasteiger partial charge in [0.1, 0.15) is 17.9 Å². The summed E-state index contributed by atoms with van der Waals surface area (Å²) in [6, 6.07) is 5.28. The van der Waals surface area contributed by atoms with Gasteiger partial charge in [-0.05, 0) is 38.8 Å².